The first-order valence-corrected chi connectivity index (χ1v) is 9.52. The van der Waals surface area contributed by atoms with Gasteiger partial charge in [0.25, 0.3) is 5.91 Å². The molecule has 3 aromatic rings. The second kappa shape index (κ2) is 7.94. The molecule has 9 nitrogen and oxygen atoms in total. The topological polar surface area (TPSA) is 105 Å². The molecule has 1 amide bonds. The van der Waals surface area contributed by atoms with Crippen LogP contribution in [0.3, 0.4) is 0 Å². The van der Waals surface area contributed by atoms with Gasteiger partial charge in [-0.2, -0.15) is 9.61 Å². The third kappa shape index (κ3) is 3.80. The van der Waals surface area contributed by atoms with Gasteiger partial charge in [0.15, 0.2) is 5.65 Å². The van der Waals surface area contributed by atoms with Gasteiger partial charge in [0, 0.05) is 25.4 Å². The lowest BCUT2D eigenvalue weighted by Gasteiger charge is -2.13. The highest BCUT2D eigenvalue weighted by Crippen LogP contribution is 2.27. The predicted molar refractivity (Wildman–Crippen MR) is 111 cm³/mol. The molecule has 0 saturated heterocycles. The molecule has 0 aromatic carbocycles. The van der Waals surface area contributed by atoms with Crippen molar-refractivity contribution in [3.8, 4) is 5.88 Å². The first kappa shape index (κ1) is 15.5. The van der Waals surface area contributed by atoms with Crippen molar-refractivity contribution in [3.05, 3.63) is 36.2 Å². The largest absolute Gasteiger partial charge is 0.480 e. The van der Waals surface area contributed by atoms with E-state index < -0.39 is 7.04 Å². The van der Waals surface area contributed by atoms with Crippen LogP contribution in [0.4, 0.5) is 17.3 Å². The van der Waals surface area contributed by atoms with Crippen LogP contribution in [0.1, 0.15) is 40.7 Å². The van der Waals surface area contributed by atoms with Gasteiger partial charge in [-0.1, -0.05) is 6.92 Å². The third-order valence-electron chi connectivity index (χ3n) is 5.13. The van der Waals surface area contributed by atoms with Crippen LogP contribution in [0.15, 0.2) is 30.6 Å². The molecule has 0 unspecified atom stereocenters. The van der Waals surface area contributed by atoms with E-state index in [9.17, 15) is 4.79 Å². The van der Waals surface area contributed by atoms with Gasteiger partial charge in [-0.25, -0.2) is 9.97 Å². The zero-order valence-corrected chi connectivity index (χ0v) is 16.3. The summed E-state index contributed by atoms with van der Waals surface area (Å²) in [5.41, 5.74) is 1.05. The SMILES string of the molecule is [2H]C([2H])([2H])Oc1ncccc1Nc1cc(NC)n2ncc(C(=O)N[C@H]3CC[C@H](C)C3)c2n1. The van der Waals surface area contributed by atoms with Crippen molar-refractivity contribution >= 4 is 28.9 Å². The number of nitrogens with zero attached hydrogens (tertiary/aromatic N) is 4. The van der Waals surface area contributed by atoms with E-state index in [-0.39, 0.29) is 17.8 Å². The highest BCUT2D eigenvalue weighted by atomic mass is 16.5. The Labute approximate surface area is 173 Å². The van der Waals surface area contributed by atoms with Crippen molar-refractivity contribution in [1.29, 1.82) is 0 Å². The fourth-order valence-electron chi connectivity index (χ4n) is 3.67. The van der Waals surface area contributed by atoms with Crippen molar-refractivity contribution in [2.45, 2.75) is 32.2 Å². The van der Waals surface area contributed by atoms with Crippen LogP contribution in [-0.4, -0.2) is 45.6 Å². The van der Waals surface area contributed by atoms with Gasteiger partial charge >= 0.3 is 0 Å². The molecule has 1 aliphatic carbocycles. The molecule has 1 fully saturated rings. The summed E-state index contributed by atoms with van der Waals surface area (Å²) in [7, 11) is -0.917. The Hall–Kier alpha value is -3.36. The minimum absolute atomic E-state index is 0.0815. The van der Waals surface area contributed by atoms with Crippen LogP contribution in [0.5, 0.6) is 5.88 Å². The van der Waals surface area contributed by atoms with Crippen LogP contribution in [0, 0.1) is 5.92 Å². The van der Waals surface area contributed by atoms with Crippen LogP contribution in [0.2, 0.25) is 0 Å². The third-order valence-corrected chi connectivity index (χ3v) is 5.13. The number of anilines is 3. The Morgan fingerprint density at radius 2 is 2.31 bits per heavy atom. The highest BCUT2D eigenvalue weighted by molar-refractivity contribution is 6.00. The molecule has 152 valence electrons. The predicted octanol–water partition coefficient (Wildman–Crippen LogP) is 2.84. The summed E-state index contributed by atoms with van der Waals surface area (Å²) in [5.74, 6) is 1.25. The molecular weight excluding hydrogens is 370 g/mol. The standard InChI is InChI=1S/C20H25N7O2/c1-12-6-7-13(9-12)24-19(28)14-11-23-27-17(21-2)10-16(26-18(14)27)25-15-5-4-8-22-20(15)29-3/h4-5,8,10-13,21H,6-7,9H2,1-3H3,(H,24,28)(H,25,26)/t12-,13-/m0/s1/i3D3. The van der Waals surface area contributed by atoms with E-state index in [1.807, 2.05) is 0 Å². The summed E-state index contributed by atoms with van der Waals surface area (Å²) in [4.78, 5) is 21.5. The molecule has 29 heavy (non-hydrogen) atoms. The molecule has 3 N–H and O–H groups in total. The second-order valence-corrected chi connectivity index (χ2v) is 7.24. The zero-order valence-electron chi connectivity index (χ0n) is 19.3. The molecule has 4 rings (SSSR count). The van der Waals surface area contributed by atoms with Gasteiger partial charge in [0.2, 0.25) is 5.88 Å². The molecule has 1 aliphatic rings. The number of fused-ring (bicyclic) bond motifs is 1. The minimum atomic E-state index is -2.65. The quantitative estimate of drug-likeness (QED) is 0.586. The number of aromatic nitrogens is 4. The molecule has 3 heterocycles. The Morgan fingerprint density at radius 1 is 1.41 bits per heavy atom. The number of rotatable bonds is 6. The molecule has 0 bridgehead atoms. The fraction of sp³-hybridized carbons (Fsp3) is 0.400. The number of methoxy groups -OCH3 is 1. The zero-order chi connectivity index (χ0) is 22.9. The molecule has 3 aromatic heterocycles. The Morgan fingerprint density at radius 3 is 3.07 bits per heavy atom. The Balaban J connectivity index is 1.65. The first-order valence-electron chi connectivity index (χ1n) is 11.0. The number of carbonyl (C=O) groups is 1. The normalized spacial score (nSPS) is 20.6. The van der Waals surface area contributed by atoms with Crippen molar-refractivity contribution in [1.82, 2.24) is 24.9 Å². The molecule has 1 saturated carbocycles. The van der Waals surface area contributed by atoms with Gasteiger partial charge < -0.3 is 20.7 Å². The first-order chi connectivity index (χ1) is 15.2. The lowest BCUT2D eigenvalue weighted by Crippen LogP contribution is -2.32. The minimum Gasteiger partial charge on any atom is -0.480 e. The van der Waals surface area contributed by atoms with Crippen molar-refractivity contribution in [3.63, 3.8) is 0 Å². The average molecular weight is 398 g/mol. The van der Waals surface area contributed by atoms with Crippen LogP contribution in [0.25, 0.3) is 5.65 Å². The number of ether oxygens (including phenoxy) is 1. The average Bonchev–Trinajstić information content (AvgIpc) is 3.33. The van der Waals surface area contributed by atoms with Crippen molar-refractivity contribution in [2.24, 2.45) is 5.92 Å². The number of nitrogens with one attached hydrogen (secondary N) is 3. The van der Waals surface area contributed by atoms with E-state index in [0.29, 0.717) is 34.5 Å². The van der Waals surface area contributed by atoms with E-state index in [4.69, 9.17) is 8.85 Å². The summed E-state index contributed by atoms with van der Waals surface area (Å²) < 4.78 is 28.5. The summed E-state index contributed by atoms with van der Waals surface area (Å²) >= 11 is 0. The summed E-state index contributed by atoms with van der Waals surface area (Å²) in [5, 5.41) is 13.5. The number of hydrogen-bond donors (Lipinski definition) is 3. The van der Waals surface area contributed by atoms with Crippen molar-refractivity contribution in [2.75, 3.05) is 24.7 Å². The van der Waals surface area contributed by atoms with E-state index in [1.54, 1.807) is 29.8 Å². The van der Waals surface area contributed by atoms with Crippen molar-refractivity contribution < 1.29 is 13.6 Å². The summed E-state index contributed by atoms with van der Waals surface area (Å²) in [6, 6.07) is 5.11. The fourth-order valence-corrected chi connectivity index (χ4v) is 3.67. The molecule has 9 heteroatoms. The molecular formula is C20H25N7O2. The maximum absolute atomic E-state index is 12.9. The molecule has 0 spiro atoms. The van der Waals surface area contributed by atoms with Gasteiger partial charge in [0.1, 0.15) is 22.9 Å². The monoisotopic (exact) mass is 398 g/mol. The van der Waals surface area contributed by atoms with Gasteiger partial charge in [0.05, 0.1) is 17.3 Å². The van der Waals surface area contributed by atoms with Crippen LogP contribution < -0.4 is 20.7 Å². The molecule has 2 atom stereocenters. The van der Waals surface area contributed by atoms with Gasteiger partial charge in [-0.15, -0.1) is 0 Å². The smallest absolute Gasteiger partial charge is 0.256 e. The van der Waals surface area contributed by atoms with Gasteiger partial charge in [-0.3, -0.25) is 4.79 Å². The van der Waals surface area contributed by atoms with E-state index in [0.717, 1.165) is 19.3 Å². The highest BCUT2D eigenvalue weighted by Gasteiger charge is 2.25. The van der Waals surface area contributed by atoms with E-state index in [1.165, 1.54) is 12.4 Å². The number of pyridine rings is 1. The summed E-state index contributed by atoms with van der Waals surface area (Å²) in [6.07, 6.45) is 5.95. The van der Waals surface area contributed by atoms with Crippen LogP contribution >= 0.6 is 0 Å². The van der Waals surface area contributed by atoms with Gasteiger partial charge in [-0.05, 0) is 37.3 Å². The maximum Gasteiger partial charge on any atom is 0.256 e. The number of amides is 1. The van der Waals surface area contributed by atoms with E-state index >= 15 is 0 Å². The Kier molecular flexibility index (Phi) is 4.26. The summed E-state index contributed by atoms with van der Waals surface area (Å²) in [6.45, 7) is 2.18. The van der Waals surface area contributed by atoms with E-state index in [2.05, 4.69) is 37.9 Å². The number of carbonyl (C=O) groups excluding carboxylic acids is 1. The lowest BCUT2D eigenvalue weighted by atomic mass is 10.1. The lowest BCUT2D eigenvalue weighted by molar-refractivity contribution is 0.0939. The number of hydrogen-bond acceptors (Lipinski definition) is 7. The maximum atomic E-state index is 12.9. The molecule has 0 aliphatic heterocycles. The second-order valence-electron chi connectivity index (χ2n) is 7.24. The molecule has 0 radical (unpaired) electrons. The Bertz CT molecular complexity index is 1130. The van der Waals surface area contributed by atoms with Crippen LogP contribution in [-0.2, 0) is 0 Å².